The molecule has 19 heavy (non-hydrogen) atoms. The maximum atomic E-state index is 9.23. The summed E-state index contributed by atoms with van der Waals surface area (Å²) in [5.41, 5.74) is 2.32. The lowest BCUT2D eigenvalue weighted by molar-refractivity contribution is 0.122. The van der Waals surface area contributed by atoms with E-state index in [0.29, 0.717) is 6.61 Å². The average Bonchev–Trinajstić information content (AvgIpc) is 2.40. The largest absolute Gasteiger partial charge is 0.508 e. The van der Waals surface area contributed by atoms with Crippen molar-refractivity contribution < 1.29 is 14.9 Å². The maximum Gasteiger partial charge on any atom is 0.119 e. The van der Waals surface area contributed by atoms with Gasteiger partial charge in [-0.05, 0) is 48.7 Å². The maximum absolute atomic E-state index is 9.23. The van der Waals surface area contributed by atoms with Gasteiger partial charge in [-0.2, -0.15) is 0 Å². The molecule has 0 amide bonds. The van der Waals surface area contributed by atoms with Gasteiger partial charge in [0, 0.05) is 0 Å². The zero-order valence-corrected chi connectivity index (χ0v) is 10.9. The van der Waals surface area contributed by atoms with Gasteiger partial charge >= 0.3 is 0 Å². The number of phenolic OH excluding ortho intramolecular Hbond substituents is 1. The molecule has 2 N–H and O–H groups in total. The van der Waals surface area contributed by atoms with E-state index in [1.54, 1.807) is 19.1 Å². The number of rotatable bonds is 5. The number of phenols is 1. The molecule has 0 aliphatic carbocycles. The summed E-state index contributed by atoms with van der Waals surface area (Å²) in [7, 11) is 0. The molecule has 0 saturated carbocycles. The number of ether oxygens (including phenoxy) is 1. The van der Waals surface area contributed by atoms with E-state index in [1.165, 1.54) is 5.56 Å². The van der Waals surface area contributed by atoms with Crippen LogP contribution in [0.5, 0.6) is 11.5 Å². The lowest BCUT2D eigenvalue weighted by Crippen LogP contribution is -2.12. The topological polar surface area (TPSA) is 49.7 Å². The summed E-state index contributed by atoms with van der Waals surface area (Å²) in [5.74, 6) is 1.04. The van der Waals surface area contributed by atoms with Gasteiger partial charge in [-0.15, -0.1) is 0 Å². The van der Waals surface area contributed by atoms with Crippen LogP contribution in [-0.2, 0) is 6.42 Å². The molecule has 0 radical (unpaired) electrons. The smallest absolute Gasteiger partial charge is 0.119 e. The van der Waals surface area contributed by atoms with Crippen LogP contribution in [0.4, 0.5) is 0 Å². The minimum atomic E-state index is -0.461. The molecule has 0 aliphatic rings. The molecule has 0 aromatic heterocycles. The van der Waals surface area contributed by atoms with E-state index in [2.05, 4.69) is 0 Å². The van der Waals surface area contributed by atoms with Crippen LogP contribution in [0.25, 0.3) is 0 Å². The normalized spacial score (nSPS) is 12.1. The average molecular weight is 258 g/mol. The second-order valence-electron chi connectivity index (χ2n) is 4.65. The predicted molar refractivity (Wildman–Crippen MR) is 74.5 cm³/mol. The van der Waals surface area contributed by atoms with Crippen LogP contribution < -0.4 is 4.74 Å². The molecule has 0 spiro atoms. The van der Waals surface area contributed by atoms with Crippen molar-refractivity contribution >= 4 is 0 Å². The van der Waals surface area contributed by atoms with Crippen LogP contribution in [0, 0.1) is 0 Å². The van der Waals surface area contributed by atoms with Gasteiger partial charge in [0.2, 0.25) is 0 Å². The van der Waals surface area contributed by atoms with E-state index in [4.69, 9.17) is 9.84 Å². The zero-order valence-electron chi connectivity index (χ0n) is 10.9. The van der Waals surface area contributed by atoms with Crippen LogP contribution in [-0.4, -0.2) is 22.9 Å². The molecule has 2 rings (SSSR count). The Morgan fingerprint density at radius 3 is 2.00 bits per heavy atom. The van der Waals surface area contributed by atoms with Crippen molar-refractivity contribution in [2.75, 3.05) is 6.61 Å². The first-order chi connectivity index (χ1) is 9.13. The first-order valence-electron chi connectivity index (χ1n) is 6.31. The van der Waals surface area contributed by atoms with Gasteiger partial charge in [-0.1, -0.05) is 24.3 Å². The molecule has 2 aromatic rings. The Kier molecular flexibility index (Phi) is 4.42. The van der Waals surface area contributed by atoms with Crippen molar-refractivity contribution in [1.82, 2.24) is 0 Å². The van der Waals surface area contributed by atoms with Gasteiger partial charge in [0.25, 0.3) is 0 Å². The third kappa shape index (κ3) is 4.30. The highest BCUT2D eigenvalue weighted by molar-refractivity contribution is 5.33. The Morgan fingerprint density at radius 2 is 1.47 bits per heavy atom. The number of benzene rings is 2. The van der Waals surface area contributed by atoms with Crippen LogP contribution in [0.2, 0.25) is 0 Å². The molecule has 3 nitrogen and oxygen atoms in total. The molecule has 2 aromatic carbocycles. The third-order valence-electron chi connectivity index (χ3n) is 2.76. The molecule has 0 saturated heterocycles. The van der Waals surface area contributed by atoms with E-state index in [-0.39, 0.29) is 5.75 Å². The first-order valence-corrected chi connectivity index (χ1v) is 6.31. The fourth-order valence-corrected chi connectivity index (χ4v) is 1.77. The van der Waals surface area contributed by atoms with E-state index >= 15 is 0 Å². The van der Waals surface area contributed by atoms with Crippen LogP contribution in [0.1, 0.15) is 18.1 Å². The summed E-state index contributed by atoms with van der Waals surface area (Å²) in [6, 6.07) is 15.0. The molecule has 1 atom stereocenters. The number of aliphatic hydroxyl groups excluding tert-OH is 1. The van der Waals surface area contributed by atoms with Gasteiger partial charge in [-0.3, -0.25) is 0 Å². The minimum absolute atomic E-state index is 0.283. The van der Waals surface area contributed by atoms with Crippen molar-refractivity contribution in [3.8, 4) is 11.5 Å². The fraction of sp³-hybridized carbons (Fsp3) is 0.250. The van der Waals surface area contributed by atoms with Gasteiger partial charge < -0.3 is 14.9 Å². The molecule has 100 valence electrons. The number of hydrogen-bond donors (Lipinski definition) is 2. The highest BCUT2D eigenvalue weighted by atomic mass is 16.5. The molecule has 0 heterocycles. The van der Waals surface area contributed by atoms with Gasteiger partial charge in [0.1, 0.15) is 18.1 Å². The summed E-state index contributed by atoms with van der Waals surface area (Å²) in [6.07, 6.45) is 0.355. The van der Waals surface area contributed by atoms with Crippen molar-refractivity contribution in [2.24, 2.45) is 0 Å². The fourth-order valence-electron chi connectivity index (χ4n) is 1.77. The second-order valence-corrected chi connectivity index (χ2v) is 4.65. The summed E-state index contributed by atoms with van der Waals surface area (Å²) >= 11 is 0. The predicted octanol–water partition coefficient (Wildman–Crippen LogP) is 2.74. The quantitative estimate of drug-likeness (QED) is 0.867. The molecule has 0 fully saturated rings. The van der Waals surface area contributed by atoms with Crippen LogP contribution in [0.3, 0.4) is 0 Å². The van der Waals surface area contributed by atoms with E-state index in [0.717, 1.165) is 17.7 Å². The zero-order chi connectivity index (χ0) is 13.7. The second kappa shape index (κ2) is 6.25. The Balaban J connectivity index is 1.96. The standard InChI is InChI=1S/C16H18O3/c1-12(17)11-19-16-8-4-14(5-9-16)10-13-2-6-15(18)7-3-13/h2-9,12,17-18H,10-11H2,1H3. The molecular formula is C16H18O3. The Bertz CT molecular complexity index is 501. The summed E-state index contributed by atoms with van der Waals surface area (Å²) in [6.45, 7) is 2.00. The molecular weight excluding hydrogens is 240 g/mol. The Morgan fingerprint density at radius 1 is 0.947 bits per heavy atom. The number of aromatic hydroxyl groups is 1. The lowest BCUT2D eigenvalue weighted by Gasteiger charge is -2.09. The van der Waals surface area contributed by atoms with Crippen molar-refractivity contribution in [3.05, 3.63) is 59.7 Å². The third-order valence-corrected chi connectivity index (χ3v) is 2.76. The summed E-state index contributed by atoms with van der Waals surface area (Å²) < 4.78 is 5.41. The van der Waals surface area contributed by atoms with Crippen molar-refractivity contribution in [1.29, 1.82) is 0 Å². The SMILES string of the molecule is CC(O)COc1ccc(Cc2ccc(O)cc2)cc1. The van der Waals surface area contributed by atoms with Crippen molar-refractivity contribution in [2.45, 2.75) is 19.4 Å². The Labute approximate surface area is 113 Å². The van der Waals surface area contributed by atoms with Gasteiger partial charge in [0.15, 0.2) is 0 Å². The first kappa shape index (κ1) is 13.4. The number of aliphatic hydroxyl groups is 1. The monoisotopic (exact) mass is 258 g/mol. The molecule has 3 heteroatoms. The minimum Gasteiger partial charge on any atom is -0.508 e. The van der Waals surface area contributed by atoms with E-state index in [9.17, 15) is 5.11 Å². The van der Waals surface area contributed by atoms with Crippen LogP contribution in [0.15, 0.2) is 48.5 Å². The van der Waals surface area contributed by atoms with Gasteiger partial charge in [-0.25, -0.2) is 0 Å². The lowest BCUT2D eigenvalue weighted by atomic mass is 10.0. The molecule has 0 bridgehead atoms. The Hall–Kier alpha value is -2.00. The molecule has 0 aliphatic heterocycles. The highest BCUT2D eigenvalue weighted by Gasteiger charge is 2.00. The summed E-state index contributed by atoms with van der Waals surface area (Å²) in [5, 5.41) is 18.4. The highest BCUT2D eigenvalue weighted by Crippen LogP contribution is 2.17. The number of hydrogen-bond acceptors (Lipinski definition) is 3. The van der Waals surface area contributed by atoms with E-state index in [1.807, 2.05) is 36.4 Å². The summed E-state index contributed by atoms with van der Waals surface area (Å²) in [4.78, 5) is 0. The van der Waals surface area contributed by atoms with Gasteiger partial charge in [0.05, 0.1) is 6.10 Å². The van der Waals surface area contributed by atoms with Crippen LogP contribution >= 0.6 is 0 Å². The van der Waals surface area contributed by atoms with Crippen molar-refractivity contribution in [3.63, 3.8) is 0 Å². The van der Waals surface area contributed by atoms with E-state index < -0.39 is 6.10 Å². The molecule has 1 unspecified atom stereocenters.